The summed E-state index contributed by atoms with van der Waals surface area (Å²) in [5.41, 5.74) is 0.983. The van der Waals surface area contributed by atoms with E-state index >= 15 is 0 Å². The molecule has 0 N–H and O–H groups in total. The van der Waals surface area contributed by atoms with Crippen LogP contribution in [-0.4, -0.2) is 18.3 Å². The van der Waals surface area contributed by atoms with E-state index in [-0.39, 0.29) is 5.97 Å². The quantitative estimate of drug-likeness (QED) is 0.354. The second-order valence-corrected chi connectivity index (χ2v) is 7.38. The highest BCUT2D eigenvalue weighted by Crippen LogP contribution is 2.15. The zero-order chi connectivity index (χ0) is 16.3. The summed E-state index contributed by atoms with van der Waals surface area (Å²) in [6.07, 6.45) is 7.51. The van der Waals surface area contributed by atoms with Crippen molar-refractivity contribution in [3.05, 3.63) is 48.0 Å². The molecule has 3 heteroatoms. The van der Waals surface area contributed by atoms with Gasteiger partial charge in [0.1, 0.15) is 0 Å². The third-order valence-electron chi connectivity index (χ3n) is 3.10. The molecular formula is C19H28O2S. The Morgan fingerprint density at radius 1 is 1.14 bits per heavy atom. The highest BCUT2D eigenvalue weighted by atomic mass is 32.2. The fraction of sp³-hybridized carbons (Fsp3) is 0.526. The second kappa shape index (κ2) is 10.5. The number of ether oxygens (including phenoxy) is 1. The van der Waals surface area contributed by atoms with Crippen LogP contribution < -0.4 is 0 Å². The minimum atomic E-state index is -0.393. The summed E-state index contributed by atoms with van der Waals surface area (Å²) in [6, 6.07) is 10.5. The van der Waals surface area contributed by atoms with Crippen LogP contribution in [0.1, 0.15) is 45.6 Å². The van der Waals surface area contributed by atoms with Gasteiger partial charge in [-0.3, -0.25) is 4.79 Å². The van der Waals surface area contributed by atoms with Gasteiger partial charge in [0.25, 0.3) is 0 Å². The molecule has 0 radical (unpaired) electrons. The SMILES string of the molecule is CC(C)(C)C(=O)OCCCC/C=C\CSCc1ccccc1. The van der Waals surface area contributed by atoms with Crippen LogP contribution in [-0.2, 0) is 15.3 Å². The van der Waals surface area contributed by atoms with Gasteiger partial charge in [-0.1, -0.05) is 42.5 Å². The Bertz CT molecular complexity index is 446. The van der Waals surface area contributed by atoms with Crippen LogP contribution in [0.2, 0.25) is 0 Å². The van der Waals surface area contributed by atoms with Crippen molar-refractivity contribution >= 4 is 17.7 Å². The van der Waals surface area contributed by atoms with Gasteiger partial charge in [-0.15, -0.1) is 0 Å². The van der Waals surface area contributed by atoms with Crippen molar-refractivity contribution in [1.29, 1.82) is 0 Å². The molecule has 0 unspecified atom stereocenters. The molecular weight excluding hydrogens is 292 g/mol. The molecule has 22 heavy (non-hydrogen) atoms. The third-order valence-corrected chi connectivity index (χ3v) is 4.07. The van der Waals surface area contributed by atoms with Crippen LogP contribution >= 0.6 is 11.8 Å². The number of hydrogen-bond acceptors (Lipinski definition) is 3. The number of thioether (sulfide) groups is 1. The van der Waals surface area contributed by atoms with E-state index in [0.29, 0.717) is 6.61 Å². The predicted molar refractivity (Wildman–Crippen MR) is 96.0 cm³/mol. The molecule has 1 aromatic rings. The van der Waals surface area contributed by atoms with Gasteiger partial charge in [-0.25, -0.2) is 0 Å². The molecule has 0 aliphatic carbocycles. The number of carbonyl (C=O) groups is 1. The van der Waals surface area contributed by atoms with Gasteiger partial charge in [0.2, 0.25) is 0 Å². The second-order valence-electron chi connectivity index (χ2n) is 6.35. The molecule has 1 aromatic carbocycles. The van der Waals surface area contributed by atoms with E-state index in [0.717, 1.165) is 30.8 Å². The first-order valence-electron chi connectivity index (χ1n) is 7.94. The Hall–Kier alpha value is -1.22. The van der Waals surface area contributed by atoms with Crippen LogP contribution in [0.3, 0.4) is 0 Å². The van der Waals surface area contributed by atoms with Gasteiger partial charge in [-0.2, -0.15) is 11.8 Å². The molecule has 2 nitrogen and oxygen atoms in total. The maximum absolute atomic E-state index is 11.5. The molecule has 0 aliphatic rings. The minimum absolute atomic E-state index is 0.111. The zero-order valence-corrected chi connectivity index (χ0v) is 14.8. The van der Waals surface area contributed by atoms with Crippen LogP contribution in [0.5, 0.6) is 0 Å². The molecule has 0 heterocycles. The van der Waals surface area contributed by atoms with Crippen molar-refractivity contribution in [3.8, 4) is 0 Å². The number of hydrogen-bond donors (Lipinski definition) is 0. The Balaban J connectivity index is 1.95. The minimum Gasteiger partial charge on any atom is -0.465 e. The standard InChI is InChI=1S/C19H28O2S/c1-19(2,3)18(20)21-14-10-5-4-6-11-15-22-16-17-12-8-7-9-13-17/h6-9,11-13H,4-5,10,14-16H2,1-3H3/b11-6-. The number of carbonyl (C=O) groups excluding carboxylic acids is 1. The number of allylic oxidation sites excluding steroid dienone is 1. The highest BCUT2D eigenvalue weighted by Gasteiger charge is 2.22. The molecule has 0 aromatic heterocycles. The van der Waals surface area contributed by atoms with E-state index in [2.05, 4.69) is 36.4 Å². The normalized spacial score (nSPS) is 11.8. The molecule has 0 amide bonds. The van der Waals surface area contributed by atoms with Crippen molar-refractivity contribution in [2.24, 2.45) is 5.41 Å². The van der Waals surface area contributed by atoms with Crippen molar-refractivity contribution in [3.63, 3.8) is 0 Å². The largest absolute Gasteiger partial charge is 0.465 e. The summed E-state index contributed by atoms with van der Waals surface area (Å²) in [7, 11) is 0. The molecule has 1 rings (SSSR count). The monoisotopic (exact) mass is 320 g/mol. The van der Waals surface area contributed by atoms with E-state index < -0.39 is 5.41 Å². The summed E-state index contributed by atoms with van der Waals surface area (Å²) < 4.78 is 5.23. The van der Waals surface area contributed by atoms with E-state index in [1.165, 1.54) is 5.56 Å². The van der Waals surface area contributed by atoms with Crippen LogP contribution in [0, 0.1) is 5.41 Å². The van der Waals surface area contributed by atoms with Gasteiger partial charge in [0.15, 0.2) is 0 Å². The Kier molecular flexibility index (Phi) is 8.98. The lowest BCUT2D eigenvalue weighted by atomic mass is 9.97. The molecule has 0 aliphatic heterocycles. The maximum Gasteiger partial charge on any atom is 0.311 e. The number of esters is 1. The van der Waals surface area contributed by atoms with Crippen molar-refractivity contribution < 1.29 is 9.53 Å². The van der Waals surface area contributed by atoms with Crippen molar-refractivity contribution in [2.45, 2.75) is 45.8 Å². The van der Waals surface area contributed by atoms with E-state index in [1.807, 2.05) is 38.6 Å². The maximum atomic E-state index is 11.5. The lowest BCUT2D eigenvalue weighted by Crippen LogP contribution is -2.23. The topological polar surface area (TPSA) is 26.3 Å². The smallest absolute Gasteiger partial charge is 0.311 e. The molecule has 0 bridgehead atoms. The van der Waals surface area contributed by atoms with E-state index in [4.69, 9.17) is 4.74 Å². The summed E-state index contributed by atoms with van der Waals surface area (Å²) in [5, 5.41) is 0. The van der Waals surface area contributed by atoms with E-state index in [9.17, 15) is 4.79 Å². The van der Waals surface area contributed by atoms with Crippen LogP contribution in [0.15, 0.2) is 42.5 Å². The lowest BCUT2D eigenvalue weighted by molar-refractivity contribution is -0.153. The summed E-state index contributed by atoms with van der Waals surface area (Å²) in [4.78, 5) is 11.5. The number of benzene rings is 1. The fourth-order valence-corrected chi connectivity index (χ4v) is 2.57. The lowest BCUT2D eigenvalue weighted by Gasteiger charge is -2.16. The molecule has 0 atom stereocenters. The Labute approximate surface area is 139 Å². The van der Waals surface area contributed by atoms with Gasteiger partial charge >= 0.3 is 5.97 Å². The first-order valence-corrected chi connectivity index (χ1v) is 9.09. The number of unbranched alkanes of at least 4 members (excludes halogenated alkanes) is 2. The molecule has 0 saturated carbocycles. The van der Waals surface area contributed by atoms with Crippen molar-refractivity contribution in [2.75, 3.05) is 12.4 Å². The first-order chi connectivity index (χ1) is 10.5. The zero-order valence-electron chi connectivity index (χ0n) is 14.0. The van der Waals surface area contributed by atoms with Gasteiger partial charge < -0.3 is 4.74 Å². The molecule has 0 fully saturated rings. The summed E-state index contributed by atoms with van der Waals surface area (Å²) >= 11 is 1.93. The molecule has 0 spiro atoms. The van der Waals surface area contributed by atoms with Crippen LogP contribution in [0.25, 0.3) is 0 Å². The third kappa shape index (κ3) is 8.93. The molecule has 0 saturated heterocycles. The Morgan fingerprint density at radius 3 is 2.55 bits per heavy atom. The fourth-order valence-electron chi connectivity index (χ4n) is 1.75. The van der Waals surface area contributed by atoms with Gasteiger partial charge in [-0.05, 0) is 45.6 Å². The average Bonchev–Trinajstić information content (AvgIpc) is 2.49. The molecule has 122 valence electrons. The summed E-state index contributed by atoms with van der Waals surface area (Å²) in [6.45, 7) is 6.17. The van der Waals surface area contributed by atoms with Crippen LogP contribution in [0.4, 0.5) is 0 Å². The van der Waals surface area contributed by atoms with Gasteiger partial charge in [0, 0.05) is 11.5 Å². The summed E-state index contributed by atoms with van der Waals surface area (Å²) in [5.74, 6) is 2.00. The predicted octanol–water partition coefficient (Wildman–Crippen LogP) is 5.24. The first kappa shape index (κ1) is 18.8. The van der Waals surface area contributed by atoms with Crippen molar-refractivity contribution in [1.82, 2.24) is 0 Å². The average molecular weight is 320 g/mol. The number of rotatable bonds is 9. The Morgan fingerprint density at radius 2 is 1.86 bits per heavy atom. The highest BCUT2D eigenvalue weighted by molar-refractivity contribution is 7.98. The van der Waals surface area contributed by atoms with Gasteiger partial charge in [0.05, 0.1) is 12.0 Å². The van der Waals surface area contributed by atoms with E-state index in [1.54, 1.807) is 0 Å².